The second-order valence-electron chi connectivity index (χ2n) is 1.85. The fourth-order valence-electron chi connectivity index (χ4n) is 0.539. The molecule has 1 heterocycles. The molecule has 1 aromatic rings. The largest absolute Gasteiger partial charge is 0.290 e. The second kappa shape index (κ2) is 3.12. The van der Waals surface area contributed by atoms with Crippen LogP contribution in [-0.4, -0.2) is 16.6 Å². The van der Waals surface area contributed by atoms with Crippen molar-refractivity contribution in [1.29, 1.82) is 0 Å². The molecule has 0 spiro atoms. The van der Waals surface area contributed by atoms with Crippen molar-refractivity contribution < 1.29 is 4.79 Å². The van der Waals surface area contributed by atoms with Crippen LogP contribution in [0, 0.1) is 6.92 Å². The third kappa shape index (κ3) is 1.55. The first-order chi connectivity index (χ1) is 4.74. The van der Waals surface area contributed by atoms with Crippen LogP contribution >= 0.6 is 22.9 Å². The number of aromatic nitrogens is 1. The van der Waals surface area contributed by atoms with Crippen LogP contribution in [-0.2, 0) is 0 Å². The fourth-order valence-corrected chi connectivity index (χ4v) is 1.48. The highest BCUT2D eigenvalue weighted by atomic mass is 35.5. The van der Waals surface area contributed by atoms with Gasteiger partial charge in [-0.15, -0.1) is 22.9 Å². The van der Waals surface area contributed by atoms with E-state index >= 15 is 0 Å². The number of hydrogen-bond acceptors (Lipinski definition) is 3. The summed E-state index contributed by atoms with van der Waals surface area (Å²) in [7, 11) is 0. The van der Waals surface area contributed by atoms with E-state index < -0.39 is 0 Å². The average Bonchev–Trinajstić information content (AvgIpc) is 2.34. The van der Waals surface area contributed by atoms with E-state index in [0.717, 1.165) is 5.69 Å². The van der Waals surface area contributed by atoms with E-state index in [4.69, 9.17) is 11.6 Å². The number of Topliss-reactive ketones (excluding diaryl/α,β-unsaturated/α-hetero) is 1. The number of thiazole rings is 1. The first-order valence-corrected chi connectivity index (χ1v) is 4.16. The van der Waals surface area contributed by atoms with Crippen molar-refractivity contribution in [2.75, 3.05) is 5.88 Å². The van der Waals surface area contributed by atoms with Gasteiger partial charge in [0.05, 0.1) is 5.88 Å². The first kappa shape index (κ1) is 7.69. The Kier molecular flexibility index (Phi) is 2.40. The number of nitrogens with zero attached hydrogens (tertiary/aromatic N) is 1. The van der Waals surface area contributed by atoms with Crippen LogP contribution in [0.3, 0.4) is 0 Å². The number of ketones is 1. The lowest BCUT2D eigenvalue weighted by Crippen LogP contribution is -1.98. The maximum atomic E-state index is 10.8. The first-order valence-electron chi connectivity index (χ1n) is 2.75. The van der Waals surface area contributed by atoms with E-state index in [1.807, 2.05) is 12.3 Å². The molecule has 0 bridgehead atoms. The molecule has 0 aliphatic heterocycles. The standard InChI is InChI=1S/C6H6ClNOS/c1-4-3-10-6(8-4)5(9)2-7/h3H,2H2,1H3. The van der Waals surface area contributed by atoms with Crippen molar-refractivity contribution in [3.05, 3.63) is 16.1 Å². The molecule has 0 amide bonds. The molecule has 0 saturated heterocycles. The number of rotatable bonds is 2. The van der Waals surface area contributed by atoms with Gasteiger partial charge >= 0.3 is 0 Å². The zero-order valence-electron chi connectivity index (χ0n) is 5.43. The summed E-state index contributed by atoms with van der Waals surface area (Å²) in [6.07, 6.45) is 0. The number of aryl methyl sites for hydroxylation is 1. The summed E-state index contributed by atoms with van der Waals surface area (Å²) in [6.45, 7) is 1.85. The molecule has 10 heavy (non-hydrogen) atoms. The van der Waals surface area contributed by atoms with Crippen molar-refractivity contribution in [2.45, 2.75) is 6.92 Å². The molecule has 2 nitrogen and oxygen atoms in total. The van der Waals surface area contributed by atoms with E-state index in [0.29, 0.717) is 5.01 Å². The molecular formula is C6H6ClNOS. The fraction of sp³-hybridized carbons (Fsp3) is 0.333. The van der Waals surface area contributed by atoms with Crippen molar-refractivity contribution in [3.8, 4) is 0 Å². The Morgan fingerprint density at radius 2 is 2.60 bits per heavy atom. The third-order valence-electron chi connectivity index (χ3n) is 0.979. The Balaban J connectivity index is 2.85. The number of carbonyl (C=O) groups is 1. The smallest absolute Gasteiger partial charge is 0.206 e. The van der Waals surface area contributed by atoms with Crippen LogP contribution < -0.4 is 0 Å². The molecule has 54 valence electrons. The summed E-state index contributed by atoms with van der Waals surface area (Å²) in [5, 5.41) is 2.34. The lowest BCUT2D eigenvalue weighted by molar-refractivity contribution is 0.102. The highest BCUT2D eigenvalue weighted by Crippen LogP contribution is 2.09. The van der Waals surface area contributed by atoms with E-state index in [9.17, 15) is 4.79 Å². The van der Waals surface area contributed by atoms with E-state index in [1.54, 1.807) is 0 Å². The molecule has 0 unspecified atom stereocenters. The van der Waals surface area contributed by atoms with Crippen molar-refractivity contribution in [3.63, 3.8) is 0 Å². The number of alkyl halides is 1. The minimum Gasteiger partial charge on any atom is -0.290 e. The monoisotopic (exact) mass is 175 g/mol. The van der Waals surface area contributed by atoms with Gasteiger partial charge in [0.2, 0.25) is 5.78 Å². The molecule has 0 fully saturated rings. The number of hydrogen-bond donors (Lipinski definition) is 0. The molecule has 0 aromatic carbocycles. The minimum absolute atomic E-state index is 0.0208. The normalized spacial score (nSPS) is 9.80. The minimum atomic E-state index is -0.0974. The SMILES string of the molecule is Cc1csc(C(=O)CCl)n1. The molecule has 0 aliphatic carbocycles. The molecule has 1 rings (SSSR count). The van der Waals surface area contributed by atoms with Gasteiger partial charge in [0, 0.05) is 11.1 Å². The Bertz CT molecular complexity index is 246. The van der Waals surface area contributed by atoms with Crippen LogP contribution in [0.2, 0.25) is 0 Å². The predicted molar refractivity (Wildman–Crippen MR) is 41.9 cm³/mol. The average molecular weight is 176 g/mol. The quantitative estimate of drug-likeness (QED) is 0.508. The van der Waals surface area contributed by atoms with E-state index in [-0.39, 0.29) is 11.7 Å². The lowest BCUT2D eigenvalue weighted by Gasteiger charge is -1.84. The highest BCUT2D eigenvalue weighted by molar-refractivity contribution is 7.11. The number of carbonyl (C=O) groups excluding carboxylic acids is 1. The molecule has 0 aliphatic rings. The zero-order chi connectivity index (χ0) is 7.56. The van der Waals surface area contributed by atoms with Gasteiger partial charge in [-0.05, 0) is 6.92 Å². The van der Waals surface area contributed by atoms with Crippen LogP contribution in [0.15, 0.2) is 5.38 Å². The summed E-state index contributed by atoms with van der Waals surface area (Å²) in [4.78, 5) is 14.8. The van der Waals surface area contributed by atoms with Gasteiger partial charge in [0.15, 0.2) is 5.01 Å². The van der Waals surface area contributed by atoms with Crippen molar-refractivity contribution in [2.24, 2.45) is 0 Å². The molecule has 4 heteroatoms. The molecule has 0 saturated carbocycles. The van der Waals surface area contributed by atoms with Crippen LogP contribution in [0.1, 0.15) is 15.5 Å². The summed E-state index contributed by atoms with van der Waals surface area (Å²) in [6, 6.07) is 0. The van der Waals surface area contributed by atoms with Gasteiger partial charge in [-0.3, -0.25) is 4.79 Å². The second-order valence-corrected chi connectivity index (χ2v) is 2.98. The number of halogens is 1. The van der Waals surface area contributed by atoms with Gasteiger partial charge in [-0.1, -0.05) is 0 Å². The van der Waals surface area contributed by atoms with Crippen LogP contribution in [0.25, 0.3) is 0 Å². The Morgan fingerprint density at radius 1 is 1.90 bits per heavy atom. The Morgan fingerprint density at radius 3 is 3.00 bits per heavy atom. The zero-order valence-corrected chi connectivity index (χ0v) is 7.00. The topological polar surface area (TPSA) is 30.0 Å². The lowest BCUT2D eigenvalue weighted by atomic mass is 10.5. The third-order valence-corrected chi connectivity index (χ3v) is 2.22. The maximum Gasteiger partial charge on any atom is 0.206 e. The van der Waals surface area contributed by atoms with Gasteiger partial charge in [-0.25, -0.2) is 4.98 Å². The molecule has 1 aromatic heterocycles. The van der Waals surface area contributed by atoms with Crippen molar-refractivity contribution >= 4 is 28.7 Å². The van der Waals surface area contributed by atoms with Crippen molar-refractivity contribution in [1.82, 2.24) is 4.98 Å². The summed E-state index contributed by atoms with van der Waals surface area (Å²) >= 11 is 6.65. The molecule has 0 atom stereocenters. The highest BCUT2D eigenvalue weighted by Gasteiger charge is 2.06. The predicted octanol–water partition coefficient (Wildman–Crippen LogP) is 1.87. The van der Waals surface area contributed by atoms with Gasteiger partial charge in [-0.2, -0.15) is 0 Å². The van der Waals surface area contributed by atoms with Crippen LogP contribution in [0.4, 0.5) is 0 Å². The Labute approximate surface area is 67.9 Å². The molecule has 0 radical (unpaired) electrons. The summed E-state index contributed by atoms with van der Waals surface area (Å²) < 4.78 is 0. The molecule has 0 N–H and O–H groups in total. The maximum absolute atomic E-state index is 10.8. The van der Waals surface area contributed by atoms with E-state index in [2.05, 4.69) is 4.98 Å². The summed E-state index contributed by atoms with van der Waals surface area (Å²) in [5.74, 6) is -0.0767. The van der Waals surface area contributed by atoms with Gasteiger partial charge in [0.1, 0.15) is 0 Å². The van der Waals surface area contributed by atoms with Crippen LogP contribution in [0.5, 0.6) is 0 Å². The molecular weight excluding hydrogens is 170 g/mol. The van der Waals surface area contributed by atoms with Gasteiger partial charge < -0.3 is 0 Å². The van der Waals surface area contributed by atoms with Gasteiger partial charge in [0.25, 0.3) is 0 Å². The summed E-state index contributed by atoms with van der Waals surface area (Å²) in [5.41, 5.74) is 0.874. The van der Waals surface area contributed by atoms with E-state index in [1.165, 1.54) is 11.3 Å². The Hall–Kier alpha value is -0.410.